The molecule has 3 nitrogen and oxygen atoms in total. The molecule has 0 N–H and O–H groups in total. The first-order chi connectivity index (χ1) is 13.7. The van der Waals surface area contributed by atoms with Crippen molar-refractivity contribution in [1.29, 1.82) is 0 Å². The predicted molar refractivity (Wildman–Crippen MR) is 119 cm³/mol. The summed E-state index contributed by atoms with van der Waals surface area (Å²) >= 11 is 2.38. The summed E-state index contributed by atoms with van der Waals surface area (Å²) in [4.78, 5) is 14.5. The summed E-state index contributed by atoms with van der Waals surface area (Å²) in [5.74, 6) is 0.230. The minimum Gasteiger partial charge on any atom is -0.748 e. The summed E-state index contributed by atoms with van der Waals surface area (Å²) in [7, 11) is 0. The van der Waals surface area contributed by atoms with Crippen LogP contribution in [0.3, 0.4) is 0 Å². The molecule has 0 spiro atoms. The van der Waals surface area contributed by atoms with E-state index in [0.29, 0.717) is 13.0 Å². The molecule has 0 radical (unpaired) electrons. The van der Waals surface area contributed by atoms with Crippen LogP contribution in [0.25, 0.3) is 0 Å². The number of carbonyl (C=O) groups excluding carboxylic acids is 1. The summed E-state index contributed by atoms with van der Waals surface area (Å²) in [6.45, 7) is 0.605. The Hall–Kier alpha value is -1.40. The van der Waals surface area contributed by atoms with Gasteiger partial charge >= 0.3 is 0 Å². The minimum absolute atomic E-state index is 0. The van der Waals surface area contributed by atoms with E-state index in [9.17, 15) is 4.79 Å². The maximum Gasteiger partial charge on any atom is 0.225 e. The molecule has 2 aliphatic rings. The van der Waals surface area contributed by atoms with Crippen LogP contribution in [0.15, 0.2) is 78.9 Å². The third-order valence-electron chi connectivity index (χ3n) is 5.63. The monoisotopic (exact) mass is 541 g/mol. The van der Waals surface area contributed by atoms with E-state index in [1.54, 1.807) is 0 Å². The first-order valence-electron chi connectivity index (χ1n) is 9.77. The van der Waals surface area contributed by atoms with Crippen LogP contribution in [0, 0.1) is 3.57 Å². The number of halogens is 1. The van der Waals surface area contributed by atoms with Gasteiger partial charge in [-0.1, -0.05) is 59.3 Å². The van der Waals surface area contributed by atoms with Crippen molar-refractivity contribution in [2.24, 2.45) is 0 Å². The number of hydrogen-bond acceptors (Lipinski definition) is 2. The average Bonchev–Trinajstić information content (AvgIpc) is 3.49. The van der Waals surface area contributed by atoms with E-state index in [2.05, 4.69) is 52.9 Å². The van der Waals surface area contributed by atoms with Gasteiger partial charge < -0.3 is 40.0 Å². The van der Waals surface area contributed by atoms with Crippen molar-refractivity contribution in [1.82, 2.24) is 4.90 Å². The van der Waals surface area contributed by atoms with Crippen molar-refractivity contribution in [3.63, 3.8) is 0 Å². The van der Waals surface area contributed by atoms with Gasteiger partial charge in [0.05, 0.1) is 12.6 Å². The van der Waals surface area contributed by atoms with Crippen molar-refractivity contribution in [2.75, 3.05) is 6.61 Å². The zero-order chi connectivity index (χ0) is 19.4. The van der Waals surface area contributed by atoms with E-state index in [-0.39, 0.29) is 29.0 Å². The second-order valence-corrected chi connectivity index (χ2v) is 8.47. The van der Waals surface area contributed by atoms with E-state index < -0.39 is 5.72 Å². The van der Waals surface area contributed by atoms with Crippen LogP contribution in [-0.2, 0) is 33.0 Å². The summed E-state index contributed by atoms with van der Waals surface area (Å²) in [6.07, 6.45) is 3.24. The van der Waals surface area contributed by atoms with Gasteiger partial charge in [0.1, 0.15) is 5.72 Å². The number of fused-ring (bicyclic) bond motifs is 1. The molecule has 2 aliphatic heterocycles. The molecule has 0 saturated carbocycles. The second kappa shape index (κ2) is 10.1. The van der Waals surface area contributed by atoms with Crippen LogP contribution in [0.2, 0.25) is 0 Å². The van der Waals surface area contributed by atoms with Crippen molar-refractivity contribution in [3.05, 3.63) is 93.6 Å². The molecule has 2 saturated heterocycles. The van der Waals surface area contributed by atoms with Crippen LogP contribution in [0.5, 0.6) is 0 Å². The largest absolute Gasteiger partial charge is 0.748 e. The third kappa shape index (κ3) is 4.85. The number of nitrogens with zero attached hydrogens (tertiary/aromatic N) is 1. The Morgan fingerprint density at radius 1 is 1.10 bits per heavy atom. The molecule has 3 aromatic carbocycles. The third-order valence-corrected chi connectivity index (χ3v) is 6.68. The SMILES string of the molecule is O=C1CC[C@]2(CC[c-]3cccc3I)OC[C@@H](c3ccccc3)N12.[Fe].[cH-]1[cH-][cH-][cH-][cH-]1. The zero-order valence-electron chi connectivity index (χ0n) is 16.1. The van der Waals surface area contributed by atoms with Gasteiger partial charge in [0.2, 0.25) is 5.91 Å². The van der Waals surface area contributed by atoms with Gasteiger partial charge in [0, 0.05) is 29.9 Å². The molecule has 0 aliphatic carbocycles. The van der Waals surface area contributed by atoms with E-state index >= 15 is 0 Å². The normalized spacial score (nSPS) is 22.6. The number of ether oxygens (including phenoxy) is 1. The smallest absolute Gasteiger partial charge is 0.225 e. The fraction of sp³-hybridized carbons (Fsp3) is 0.292. The summed E-state index contributed by atoms with van der Waals surface area (Å²) in [5, 5.41) is 0. The molecule has 1 amide bonds. The fourth-order valence-corrected chi connectivity index (χ4v) is 4.86. The van der Waals surface area contributed by atoms with Crippen molar-refractivity contribution < 1.29 is 26.6 Å². The molecule has 0 unspecified atom stereocenters. The molecule has 158 valence electrons. The van der Waals surface area contributed by atoms with Crippen LogP contribution in [-0.4, -0.2) is 23.1 Å². The first kappa shape index (κ1) is 22.3. The van der Waals surface area contributed by atoms with E-state index in [0.717, 1.165) is 19.3 Å². The van der Waals surface area contributed by atoms with Gasteiger partial charge in [-0.25, -0.2) is 12.1 Å². The van der Waals surface area contributed by atoms with E-state index in [1.807, 2.05) is 53.4 Å². The number of carbonyl (C=O) groups is 1. The summed E-state index contributed by atoms with van der Waals surface area (Å²) < 4.78 is 7.54. The average molecular weight is 541 g/mol. The first-order valence-corrected chi connectivity index (χ1v) is 10.9. The van der Waals surface area contributed by atoms with Crippen LogP contribution in [0.4, 0.5) is 0 Å². The van der Waals surface area contributed by atoms with E-state index in [1.165, 1.54) is 14.7 Å². The molecule has 0 bridgehead atoms. The van der Waals surface area contributed by atoms with Gasteiger partial charge in [-0.15, -0.1) is 9.13 Å². The maximum atomic E-state index is 12.5. The molecule has 2 fully saturated rings. The number of aryl methyl sites for hydroxylation is 1. The van der Waals surface area contributed by atoms with E-state index in [4.69, 9.17) is 4.74 Å². The molecule has 3 aromatic rings. The molecular formula is C24H24FeINO2-6. The number of benzene rings is 1. The maximum absolute atomic E-state index is 12.5. The molecule has 5 heteroatoms. The van der Waals surface area contributed by atoms with Gasteiger partial charge in [-0.3, -0.25) is 4.79 Å². The summed E-state index contributed by atoms with van der Waals surface area (Å²) in [5.41, 5.74) is 2.12. The van der Waals surface area contributed by atoms with Gasteiger partial charge in [0.25, 0.3) is 0 Å². The standard InChI is InChI=1S/C19H19INO2.C5H5.Fe/c20-16-8-4-7-14(16)9-11-19-12-10-18(22)21(19)17(13-23-19)15-5-2-1-3-6-15;1-2-4-5-3-1;/h1-8,17H,9-13H2;1-5H;/q-1;-5;/t17-,19-;;/m0../s1. The molecule has 0 aromatic heterocycles. The fourth-order valence-electron chi connectivity index (χ4n) is 4.21. The molecule has 2 heterocycles. The van der Waals surface area contributed by atoms with Gasteiger partial charge in [0.15, 0.2) is 0 Å². The number of hydrogen-bond donors (Lipinski definition) is 0. The Bertz CT molecular complexity index is 876. The Labute approximate surface area is 196 Å². The molecule has 2 atom stereocenters. The van der Waals surface area contributed by atoms with Crippen molar-refractivity contribution in [3.8, 4) is 0 Å². The van der Waals surface area contributed by atoms with Crippen LogP contribution in [0.1, 0.15) is 36.4 Å². The Balaban J connectivity index is 0.000000352. The number of rotatable bonds is 4. The Morgan fingerprint density at radius 2 is 1.79 bits per heavy atom. The van der Waals surface area contributed by atoms with Gasteiger partial charge in [-0.05, 0) is 12.0 Å². The summed E-state index contributed by atoms with van der Waals surface area (Å²) in [6, 6.07) is 26.7. The Morgan fingerprint density at radius 3 is 2.41 bits per heavy atom. The molecular weight excluding hydrogens is 517 g/mol. The van der Waals surface area contributed by atoms with Crippen LogP contribution >= 0.6 is 22.6 Å². The Kier molecular flexibility index (Phi) is 7.74. The van der Waals surface area contributed by atoms with Crippen LogP contribution < -0.4 is 0 Å². The topological polar surface area (TPSA) is 29.5 Å². The minimum atomic E-state index is -0.405. The number of amides is 1. The predicted octanol–water partition coefficient (Wildman–Crippen LogP) is 5.44. The quantitative estimate of drug-likeness (QED) is 0.251. The van der Waals surface area contributed by atoms with Crippen molar-refractivity contribution >= 4 is 28.5 Å². The second-order valence-electron chi connectivity index (χ2n) is 7.31. The zero-order valence-corrected chi connectivity index (χ0v) is 19.4. The molecule has 5 rings (SSSR count). The molecule has 29 heavy (non-hydrogen) atoms. The van der Waals surface area contributed by atoms with Gasteiger partial charge in [-0.2, -0.15) is 6.07 Å². The van der Waals surface area contributed by atoms with Crippen molar-refractivity contribution in [2.45, 2.75) is 37.5 Å².